The van der Waals surface area contributed by atoms with Crippen molar-refractivity contribution >= 4 is 5.78 Å². The first-order valence-corrected chi connectivity index (χ1v) is 5.65. The number of carbonyl (C=O) groups is 1. The molecule has 2 nitrogen and oxygen atoms in total. The van der Waals surface area contributed by atoms with E-state index in [-0.39, 0.29) is 5.92 Å². The van der Waals surface area contributed by atoms with E-state index in [1.54, 1.807) is 0 Å². The summed E-state index contributed by atoms with van der Waals surface area (Å²) in [5.41, 5.74) is 2.11. The fourth-order valence-corrected chi connectivity index (χ4v) is 2.22. The molecule has 0 saturated heterocycles. The van der Waals surface area contributed by atoms with E-state index < -0.39 is 0 Å². The van der Waals surface area contributed by atoms with Crippen LogP contribution in [0.1, 0.15) is 24.3 Å². The summed E-state index contributed by atoms with van der Waals surface area (Å²) >= 11 is 0. The van der Waals surface area contributed by atoms with Gasteiger partial charge in [0.1, 0.15) is 0 Å². The maximum Gasteiger partial charge on any atom is 0.167 e. The van der Waals surface area contributed by atoms with E-state index in [2.05, 4.69) is 0 Å². The zero-order valence-electron chi connectivity index (χ0n) is 9.81. The lowest BCUT2D eigenvalue weighted by molar-refractivity contribution is -0.115. The van der Waals surface area contributed by atoms with Gasteiger partial charge in [0.05, 0.1) is 0 Å². The minimum Gasteiger partial charge on any atom is -0.383 e. The first kappa shape index (κ1) is 10.9. The molecule has 0 bridgehead atoms. The molecule has 1 aromatic carbocycles. The zero-order valence-corrected chi connectivity index (χ0v) is 9.81. The SMILES string of the molecule is CN(C)C=C1CCC(c2ccccc2)C1=O. The van der Waals surface area contributed by atoms with E-state index in [0.717, 1.165) is 24.0 Å². The number of rotatable bonds is 2. The quantitative estimate of drug-likeness (QED) is 0.707. The summed E-state index contributed by atoms with van der Waals surface area (Å²) in [6, 6.07) is 10.1. The highest BCUT2D eigenvalue weighted by atomic mass is 16.1. The second-order valence-electron chi connectivity index (χ2n) is 4.48. The van der Waals surface area contributed by atoms with Crippen molar-refractivity contribution in [3.63, 3.8) is 0 Å². The second kappa shape index (κ2) is 4.52. The van der Waals surface area contributed by atoms with Crippen molar-refractivity contribution in [2.75, 3.05) is 14.1 Å². The fourth-order valence-electron chi connectivity index (χ4n) is 2.22. The van der Waals surface area contributed by atoms with Crippen molar-refractivity contribution in [1.82, 2.24) is 4.90 Å². The van der Waals surface area contributed by atoms with E-state index in [4.69, 9.17) is 0 Å². The van der Waals surface area contributed by atoms with Crippen LogP contribution in [0.15, 0.2) is 42.1 Å². The van der Waals surface area contributed by atoms with E-state index in [0.29, 0.717) is 5.78 Å². The van der Waals surface area contributed by atoms with Crippen LogP contribution in [0.4, 0.5) is 0 Å². The van der Waals surface area contributed by atoms with Crippen LogP contribution in [0, 0.1) is 0 Å². The van der Waals surface area contributed by atoms with E-state index in [9.17, 15) is 4.79 Å². The Labute approximate surface area is 96.6 Å². The van der Waals surface area contributed by atoms with Crippen molar-refractivity contribution in [2.24, 2.45) is 0 Å². The molecular formula is C14H17NO. The largest absolute Gasteiger partial charge is 0.383 e. The molecule has 1 fully saturated rings. The van der Waals surface area contributed by atoms with Gasteiger partial charge in [-0.05, 0) is 18.4 Å². The van der Waals surface area contributed by atoms with Gasteiger partial charge in [-0.2, -0.15) is 0 Å². The van der Waals surface area contributed by atoms with Gasteiger partial charge in [-0.25, -0.2) is 0 Å². The van der Waals surface area contributed by atoms with Gasteiger partial charge in [-0.1, -0.05) is 30.3 Å². The molecule has 1 aliphatic carbocycles. The molecule has 2 rings (SSSR count). The molecule has 16 heavy (non-hydrogen) atoms. The molecule has 2 heteroatoms. The number of carbonyl (C=O) groups excluding carboxylic acids is 1. The summed E-state index contributed by atoms with van der Waals surface area (Å²) in [6.07, 6.45) is 3.80. The molecule has 1 aliphatic rings. The maximum atomic E-state index is 12.1. The molecule has 0 spiro atoms. The average Bonchev–Trinajstić information content (AvgIpc) is 2.61. The number of Topliss-reactive ketones (excluding diaryl/α,β-unsaturated/α-hetero) is 1. The molecule has 1 aromatic rings. The lowest BCUT2D eigenvalue weighted by Gasteiger charge is -2.08. The number of allylic oxidation sites excluding steroid dienone is 1. The van der Waals surface area contributed by atoms with Crippen molar-refractivity contribution in [3.8, 4) is 0 Å². The van der Waals surface area contributed by atoms with Crippen molar-refractivity contribution < 1.29 is 4.79 Å². The van der Waals surface area contributed by atoms with Crippen LogP contribution in [0.3, 0.4) is 0 Å². The first-order valence-electron chi connectivity index (χ1n) is 5.65. The van der Waals surface area contributed by atoms with Gasteiger partial charge in [-0.15, -0.1) is 0 Å². The minimum absolute atomic E-state index is 0.0763. The van der Waals surface area contributed by atoms with Crippen LogP contribution < -0.4 is 0 Å². The lowest BCUT2D eigenvalue weighted by atomic mass is 9.96. The van der Waals surface area contributed by atoms with Crippen molar-refractivity contribution in [2.45, 2.75) is 18.8 Å². The van der Waals surface area contributed by atoms with Gasteiger partial charge >= 0.3 is 0 Å². The lowest BCUT2D eigenvalue weighted by Crippen LogP contribution is -2.09. The number of nitrogens with zero attached hydrogens (tertiary/aromatic N) is 1. The molecular weight excluding hydrogens is 198 g/mol. The van der Waals surface area contributed by atoms with Crippen LogP contribution in [-0.4, -0.2) is 24.8 Å². The molecule has 1 atom stereocenters. The van der Waals surface area contributed by atoms with Crippen LogP contribution in [-0.2, 0) is 4.79 Å². The first-order chi connectivity index (χ1) is 7.68. The molecule has 0 N–H and O–H groups in total. The minimum atomic E-state index is 0.0763. The summed E-state index contributed by atoms with van der Waals surface area (Å²) in [5, 5.41) is 0. The van der Waals surface area contributed by atoms with Gasteiger partial charge in [0.2, 0.25) is 0 Å². The van der Waals surface area contributed by atoms with Gasteiger partial charge in [-0.3, -0.25) is 4.79 Å². The summed E-state index contributed by atoms with van der Waals surface area (Å²) in [6.45, 7) is 0. The Morgan fingerprint density at radius 2 is 1.94 bits per heavy atom. The molecule has 0 radical (unpaired) electrons. The van der Waals surface area contributed by atoms with Crippen LogP contribution >= 0.6 is 0 Å². The average molecular weight is 215 g/mol. The van der Waals surface area contributed by atoms with E-state index in [1.165, 1.54) is 0 Å². The molecule has 0 amide bonds. The Balaban J connectivity index is 2.20. The van der Waals surface area contributed by atoms with Crippen LogP contribution in [0.25, 0.3) is 0 Å². The highest BCUT2D eigenvalue weighted by Gasteiger charge is 2.30. The summed E-state index contributed by atoms with van der Waals surface area (Å²) in [4.78, 5) is 14.1. The maximum absolute atomic E-state index is 12.1. The van der Waals surface area contributed by atoms with E-state index >= 15 is 0 Å². The standard InChI is InChI=1S/C14H17NO/c1-15(2)10-12-8-9-13(14(12)16)11-6-4-3-5-7-11/h3-7,10,13H,8-9H2,1-2H3. The summed E-state index contributed by atoms with van der Waals surface area (Å²) < 4.78 is 0. The molecule has 0 aromatic heterocycles. The summed E-state index contributed by atoms with van der Waals surface area (Å²) in [5.74, 6) is 0.368. The van der Waals surface area contributed by atoms with Gasteiger partial charge in [0.25, 0.3) is 0 Å². The number of hydrogen-bond donors (Lipinski definition) is 0. The smallest absolute Gasteiger partial charge is 0.167 e. The molecule has 1 unspecified atom stereocenters. The zero-order chi connectivity index (χ0) is 11.5. The third-order valence-electron chi connectivity index (χ3n) is 2.95. The number of benzene rings is 1. The second-order valence-corrected chi connectivity index (χ2v) is 4.48. The van der Waals surface area contributed by atoms with Crippen LogP contribution in [0.5, 0.6) is 0 Å². The van der Waals surface area contributed by atoms with Crippen molar-refractivity contribution in [1.29, 1.82) is 0 Å². The highest BCUT2D eigenvalue weighted by Crippen LogP contribution is 2.34. The normalized spacial score (nSPS) is 22.8. The number of hydrogen-bond acceptors (Lipinski definition) is 2. The molecule has 84 valence electrons. The highest BCUT2D eigenvalue weighted by molar-refractivity contribution is 6.02. The molecule has 0 heterocycles. The molecule has 0 aliphatic heterocycles. The van der Waals surface area contributed by atoms with Gasteiger partial charge in [0, 0.05) is 31.8 Å². The third-order valence-corrected chi connectivity index (χ3v) is 2.95. The summed E-state index contributed by atoms with van der Waals surface area (Å²) in [7, 11) is 3.91. The molecule has 1 saturated carbocycles. The van der Waals surface area contributed by atoms with E-state index in [1.807, 2.05) is 55.5 Å². The Hall–Kier alpha value is -1.57. The van der Waals surface area contributed by atoms with Crippen LogP contribution in [0.2, 0.25) is 0 Å². The fraction of sp³-hybridized carbons (Fsp3) is 0.357. The Kier molecular flexibility index (Phi) is 3.09. The predicted molar refractivity (Wildman–Crippen MR) is 65.2 cm³/mol. The van der Waals surface area contributed by atoms with Crippen molar-refractivity contribution in [3.05, 3.63) is 47.7 Å². The van der Waals surface area contributed by atoms with Gasteiger partial charge < -0.3 is 4.90 Å². The topological polar surface area (TPSA) is 20.3 Å². The monoisotopic (exact) mass is 215 g/mol. The Bertz CT molecular complexity index is 406. The predicted octanol–water partition coefficient (Wildman–Crippen LogP) is 2.58. The Morgan fingerprint density at radius 1 is 1.25 bits per heavy atom. The van der Waals surface area contributed by atoms with Gasteiger partial charge in [0.15, 0.2) is 5.78 Å². The third kappa shape index (κ3) is 2.16. The Morgan fingerprint density at radius 3 is 2.56 bits per heavy atom. The number of ketones is 1.